The highest BCUT2D eigenvalue weighted by molar-refractivity contribution is 6.32. The smallest absolute Gasteiger partial charge is 0.142 e. The second kappa shape index (κ2) is 18.5. The van der Waals surface area contributed by atoms with Crippen LogP contribution in [-0.4, -0.2) is 81.3 Å². The van der Waals surface area contributed by atoms with E-state index in [0.717, 1.165) is 66.2 Å². The van der Waals surface area contributed by atoms with Crippen molar-refractivity contribution in [3.05, 3.63) is 99.6 Å². The number of aromatic nitrogens is 2. The van der Waals surface area contributed by atoms with Crippen molar-refractivity contribution in [2.24, 2.45) is 0 Å². The van der Waals surface area contributed by atoms with Crippen LogP contribution in [0.4, 0.5) is 0 Å². The van der Waals surface area contributed by atoms with Gasteiger partial charge in [0.05, 0.1) is 47.7 Å². The Balaban J connectivity index is 1.32. The van der Waals surface area contributed by atoms with Crippen LogP contribution in [0, 0.1) is 25.2 Å². The molecule has 12 heteroatoms. The Labute approximate surface area is 310 Å². The van der Waals surface area contributed by atoms with Gasteiger partial charge >= 0.3 is 0 Å². The first kappa shape index (κ1) is 38.9. The first-order valence-electron chi connectivity index (χ1n) is 17.7. The first-order chi connectivity index (χ1) is 25.2. The monoisotopic (exact) mass is 729 g/mol. The standard InChI is InChI=1S/C40H48ClN5O6/c1-4-40(25-47,26-48)45-21-31-16-35(41)39(17-38(31)51-23-30-15-29(18-42)19-43-20-30)52-24-36-27(2)34(9-11-44-36)33-7-5-8-37(28(33)3)50-14-6-12-46-13-10-32(49)22-46/h5,7-9,11,15-17,19-20,32,45,47-49H,4,6,10,12-14,21-26H2,1-3H3. The number of likely N-dealkylation sites (tertiary alicyclic amines) is 1. The van der Waals surface area contributed by atoms with Crippen LogP contribution in [0.25, 0.3) is 11.1 Å². The van der Waals surface area contributed by atoms with Crippen molar-refractivity contribution >= 4 is 11.6 Å². The summed E-state index contributed by atoms with van der Waals surface area (Å²) in [6.07, 6.45) is 6.91. The molecule has 0 amide bonds. The second-order valence-corrected chi connectivity index (χ2v) is 13.7. The zero-order chi connectivity index (χ0) is 37.1. The molecule has 0 radical (unpaired) electrons. The molecule has 1 fully saturated rings. The van der Waals surface area contributed by atoms with E-state index in [-0.39, 0.29) is 39.1 Å². The molecule has 0 saturated carbocycles. The normalized spacial score (nSPS) is 14.7. The molecule has 0 spiro atoms. The lowest BCUT2D eigenvalue weighted by atomic mass is 9.96. The van der Waals surface area contributed by atoms with Gasteiger partial charge in [0.25, 0.3) is 0 Å². The van der Waals surface area contributed by atoms with Gasteiger partial charge in [-0.05, 0) is 79.6 Å². The van der Waals surface area contributed by atoms with Gasteiger partial charge in [-0.15, -0.1) is 0 Å². The van der Waals surface area contributed by atoms with Gasteiger partial charge in [-0.3, -0.25) is 9.97 Å². The molecule has 0 bridgehead atoms. The summed E-state index contributed by atoms with van der Waals surface area (Å²) in [5.41, 5.74) is 5.81. The van der Waals surface area contributed by atoms with Crippen LogP contribution in [0.15, 0.2) is 61.1 Å². The van der Waals surface area contributed by atoms with Crippen molar-refractivity contribution in [1.82, 2.24) is 20.2 Å². The molecule has 1 saturated heterocycles. The van der Waals surface area contributed by atoms with E-state index >= 15 is 0 Å². The lowest BCUT2D eigenvalue weighted by molar-refractivity contribution is 0.0861. The van der Waals surface area contributed by atoms with Gasteiger partial charge in [0, 0.05) is 62.0 Å². The predicted octanol–water partition coefficient (Wildman–Crippen LogP) is 5.50. The van der Waals surface area contributed by atoms with Gasteiger partial charge in [-0.25, -0.2) is 0 Å². The predicted molar refractivity (Wildman–Crippen MR) is 199 cm³/mol. The van der Waals surface area contributed by atoms with Crippen molar-refractivity contribution in [2.45, 2.75) is 71.4 Å². The molecule has 1 unspecified atom stereocenters. The Bertz CT molecular complexity index is 1840. The number of hydrogen-bond donors (Lipinski definition) is 4. The summed E-state index contributed by atoms with van der Waals surface area (Å²) in [6.45, 7) is 9.20. The fraction of sp³-hybridized carbons (Fsp3) is 0.425. The van der Waals surface area contributed by atoms with Crippen molar-refractivity contribution in [3.63, 3.8) is 0 Å². The van der Waals surface area contributed by atoms with Crippen molar-refractivity contribution < 1.29 is 29.5 Å². The Morgan fingerprint density at radius 1 is 1.00 bits per heavy atom. The Kier molecular flexibility index (Phi) is 13.8. The number of β-amino-alcohol motifs (C(OH)–C–C–N with tert-alkyl or cyclic N) is 1. The van der Waals surface area contributed by atoms with Gasteiger partial charge < -0.3 is 39.7 Å². The first-order valence-corrected chi connectivity index (χ1v) is 18.0. The summed E-state index contributed by atoms with van der Waals surface area (Å²) in [6, 6.07) is 15.3. The van der Waals surface area contributed by atoms with E-state index in [0.29, 0.717) is 46.2 Å². The zero-order valence-corrected chi connectivity index (χ0v) is 30.8. The highest BCUT2D eigenvalue weighted by Crippen LogP contribution is 2.36. The number of hydrogen-bond acceptors (Lipinski definition) is 11. The molecular formula is C40H48ClN5O6. The molecule has 3 heterocycles. The van der Waals surface area contributed by atoms with E-state index < -0.39 is 5.54 Å². The number of benzene rings is 2. The fourth-order valence-corrected chi connectivity index (χ4v) is 6.49. The number of pyridine rings is 2. The number of aliphatic hydroxyl groups excluding tert-OH is 3. The van der Waals surface area contributed by atoms with Crippen LogP contribution < -0.4 is 19.5 Å². The minimum absolute atomic E-state index is 0.142. The van der Waals surface area contributed by atoms with Crippen molar-refractivity contribution in [1.29, 1.82) is 5.26 Å². The molecule has 2 aromatic carbocycles. The van der Waals surface area contributed by atoms with Gasteiger partial charge in [0.1, 0.15) is 36.5 Å². The van der Waals surface area contributed by atoms with Crippen LogP contribution >= 0.6 is 11.6 Å². The molecule has 1 aliphatic heterocycles. The third kappa shape index (κ3) is 9.77. The van der Waals surface area contributed by atoms with Gasteiger partial charge in [-0.2, -0.15) is 5.26 Å². The molecular weight excluding hydrogens is 682 g/mol. The molecule has 4 aromatic rings. The summed E-state index contributed by atoms with van der Waals surface area (Å²) in [5.74, 6) is 1.72. The molecule has 1 aliphatic rings. The van der Waals surface area contributed by atoms with Gasteiger partial charge in [0.15, 0.2) is 0 Å². The minimum atomic E-state index is -0.874. The van der Waals surface area contributed by atoms with Gasteiger partial charge in [0.2, 0.25) is 0 Å². The van der Waals surface area contributed by atoms with E-state index in [4.69, 9.17) is 25.8 Å². The van der Waals surface area contributed by atoms with E-state index in [9.17, 15) is 20.6 Å². The lowest BCUT2D eigenvalue weighted by Gasteiger charge is -2.30. The summed E-state index contributed by atoms with van der Waals surface area (Å²) in [4.78, 5) is 11.0. The second-order valence-electron chi connectivity index (χ2n) is 13.3. The largest absolute Gasteiger partial charge is 0.493 e. The fourth-order valence-electron chi connectivity index (χ4n) is 6.25. The molecule has 2 aromatic heterocycles. The average Bonchev–Trinajstić information content (AvgIpc) is 3.59. The lowest BCUT2D eigenvalue weighted by Crippen LogP contribution is -2.50. The Morgan fingerprint density at radius 3 is 2.52 bits per heavy atom. The molecule has 1 atom stereocenters. The van der Waals surface area contributed by atoms with Crippen LogP contribution in [0.3, 0.4) is 0 Å². The SMILES string of the molecule is CCC(CO)(CO)NCc1cc(Cl)c(OCc2nccc(-c3cccc(OCCCN4CCC(O)C4)c3C)c2C)cc1OCc1cncc(C#N)c1. The van der Waals surface area contributed by atoms with Crippen molar-refractivity contribution in [2.75, 3.05) is 39.5 Å². The van der Waals surface area contributed by atoms with E-state index in [1.165, 1.54) is 6.20 Å². The summed E-state index contributed by atoms with van der Waals surface area (Å²) in [5, 5.41) is 42.7. The maximum Gasteiger partial charge on any atom is 0.142 e. The molecule has 0 aliphatic carbocycles. The van der Waals surface area contributed by atoms with Crippen LogP contribution in [0.1, 0.15) is 59.7 Å². The summed E-state index contributed by atoms with van der Waals surface area (Å²) < 4.78 is 18.7. The number of rotatable bonds is 18. The summed E-state index contributed by atoms with van der Waals surface area (Å²) in [7, 11) is 0. The Hall–Kier alpha value is -4.28. The minimum Gasteiger partial charge on any atom is -0.493 e. The topological polar surface area (TPSA) is 153 Å². The van der Waals surface area contributed by atoms with E-state index in [1.54, 1.807) is 30.6 Å². The number of ether oxygens (including phenoxy) is 3. The van der Waals surface area contributed by atoms with Crippen molar-refractivity contribution in [3.8, 4) is 34.4 Å². The van der Waals surface area contributed by atoms with E-state index in [2.05, 4.69) is 39.2 Å². The zero-order valence-electron chi connectivity index (χ0n) is 30.1. The average molecular weight is 730 g/mol. The number of nitriles is 1. The molecule has 276 valence electrons. The van der Waals surface area contributed by atoms with Gasteiger partial charge in [-0.1, -0.05) is 30.7 Å². The number of nitrogens with one attached hydrogen (secondary N) is 1. The summed E-state index contributed by atoms with van der Waals surface area (Å²) >= 11 is 6.78. The molecule has 11 nitrogen and oxygen atoms in total. The maximum absolute atomic E-state index is 9.98. The number of aliphatic hydroxyl groups is 3. The highest BCUT2D eigenvalue weighted by atomic mass is 35.5. The Morgan fingerprint density at radius 2 is 1.79 bits per heavy atom. The number of halogens is 1. The van der Waals surface area contributed by atoms with Crippen LogP contribution in [0.2, 0.25) is 5.02 Å². The quantitative estimate of drug-likeness (QED) is 0.0961. The van der Waals surface area contributed by atoms with Crippen LogP contribution in [-0.2, 0) is 19.8 Å². The van der Waals surface area contributed by atoms with Crippen LogP contribution in [0.5, 0.6) is 17.2 Å². The number of nitrogens with zero attached hydrogens (tertiary/aromatic N) is 4. The van der Waals surface area contributed by atoms with E-state index in [1.807, 2.05) is 32.0 Å². The molecule has 4 N–H and O–H groups in total. The third-order valence-electron chi connectivity index (χ3n) is 9.74. The third-order valence-corrected chi connectivity index (χ3v) is 10.0. The molecule has 5 rings (SSSR count). The highest BCUT2D eigenvalue weighted by Gasteiger charge is 2.27. The molecule has 52 heavy (non-hydrogen) atoms. The maximum atomic E-state index is 9.98.